The van der Waals surface area contributed by atoms with Crippen molar-refractivity contribution < 1.29 is 19.4 Å². The second-order valence-corrected chi connectivity index (χ2v) is 7.73. The van der Waals surface area contributed by atoms with Gasteiger partial charge in [0.2, 0.25) is 0 Å². The third-order valence-electron chi connectivity index (χ3n) is 4.91. The number of rotatable bonds is 6. The van der Waals surface area contributed by atoms with Gasteiger partial charge in [0.1, 0.15) is 25.1 Å². The van der Waals surface area contributed by atoms with Gasteiger partial charge in [0.15, 0.2) is 0 Å². The minimum absolute atomic E-state index is 0.0500. The zero-order chi connectivity index (χ0) is 24.9. The number of para-hydroxylation sites is 1. The van der Waals surface area contributed by atoms with E-state index in [0.717, 1.165) is 27.1 Å². The highest BCUT2D eigenvalue weighted by molar-refractivity contribution is 6.16. The molecule has 4 heteroatoms. The van der Waals surface area contributed by atoms with Gasteiger partial charge in [-0.1, -0.05) is 101 Å². The summed E-state index contributed by atoms with van der Waals surface area (Å²) in [4.78, 5) is 12.9. The molecule has 180 valence electrons. The van der Waals surface area contributed by atoms with Crippen molar-refractivity contribution in [2.45, 2.75) is 47.1 Å². The first-order valence-electron chi connectivity index (χ1n) is 12.0. The van der Waals surface area contributed by atoms with E-state index in [1.54, 1.807) is 0 Å². The van der Waals surface area contributed by atoms with E-state index in [9.17, 15) is 9.90 Å². The largest absolute Gasteiger partial charge is 0.490 e. The molecule has 0 radical (unpaired) electrons. The standard InChI is InChI=1S/C25H22O4.C3H8.C2H6/c1-17-8-2-7-13-23(17)28-15-20(26)16-29-25(27)24-21-11-5-3-9-18(21)14-19-10-4-6-12-22(19)24;1-3-2;1-2/h2-14,20,26H,15-16H2,1H3;3H2,1-2H3;1-2H3. The van der Waals surface area contributed by atoms with Crippen LogP contribution < -0.4 is 4.74 Å². The summed E-state index contributed by atoms with van der Waals surface area (Å²) in [6.45, 7) is 10.1. The van der Waals surface area contributed by atoms with Gasteiger partial charge in [-0.3, -0.25) is 0 Å². The van der Waals surface area contributed by atoms with Crippen molar-refractivity contribution in [3.8, 4) is 5.75 Å². The van der Waals surface area contributed by atoms with Crippen LogP contribution in [0.25, 0.3) is 21.5 Å². The van der Waals surface area contributed by atoms with Crippen LogP contribution in [0, 0.1) is 6.92 Å². The molecule has 0 spiro atoms. The molecule has 0 saturated heterocycles. The lowest BCUT2D eigenvalue weighted by molar-refractivity contribution is 0.0132. The second kappa shape index (κ2) is 14.0. The zero-order valence-corrected chi connectivity index (χ0v) is 20.9. The number of hydrogen-bond donors (Lipinski definition) is 1. The monoisotopic (exact) mass is 460 g/mol. The summed E-state index contributed by atoms with van der Waals surface area (Å²) in [5.74, 6) is 0.255. The Labute approximate surface area is 203 Å². The van der Waals surface area contributed by atoms with Gasteiger partial charge in [-0.25, -0.2) is 4.79 Å². The normalized spacial score (nSPS) is 11.0. The first-order valence-corrected chi connectivity index (χ1v) is 12.0. The van der Waals surface area contributed by atoms with E-state index in [1.807, 2.05) is 93.6 Å². The Hall–Kier alpha value is -3.37. The molecule has 4 rings (SSSR count). The van der Waals surface area contributed by atoms with Gasteiger partial charge >= 0.3 is 5.97 Å². The first kappa shape index (κ1) is 26.9. The molecule has 1 unspecified atom stereocenters. The molecule has 0 aliphatic rings. The lowest BCUT2D eigenvalue weighted by Gasteiger charge is -2.15. The lowest BCUT2D eigenvalue weighted by atomic mass is 9.97. The summed E-state index contributed by atoms with van der Waals surface area (Å²) in [6, 6.07) is 25.1. The topological polar surface area (TPSA) is 55.8 Å². The van der Waals surface area contributed by atoms with Crippen LogP contribution in [0.4, 0.5) is 0 Å². The van der Waals surface area contributed by atoms with E-state index in [4.69, 9.17) is 9.47 Å². The number of aliphatic hydroxyl groups is 1. The Bertz CT molecular complexity index is 1130. The molecule has 0 saturated carbocycles. The molecule has 4 nitrogen and oxygen atoms in total. The van der Waals surface area contributed by atoms with E-state index in [1.165, 1.54) is 6.42 Å². The fourth-order valence-electron chi connectivity index (χ4n) is 3.43. The van der Waals surface area contributed by atoms with Crippen molar-refractivity contribution >= 4 is 27.5 Å². The summed E-state index contributed by atoms with van der Waals surface area (Å²) in [5.41, 5.74) is 1.50. The summed E-state index contributed by atoms with van der Waals surface area (Å²) in [6.07, 6.45) is 0.333. The van der Waals surface area contributed by atoms with Crippen LogP contribution in [0.2, 0.25) is 0 Å². The Balaban J connectivity index is 0.000000758. The summed E-state index contributed by atoms with van der Waals surface area (Å²) < 4.78 is 11.1. The maximum atomic E-state index is 12.9. The third kappa shape index (κ3) is 7.06. The van der Waals surface area contributed by atoms with Gasteiger partial charge < -0.3 is 14.6 Å². The van der Waals surface area contributed by atoms with Crippen molar-refractivity contribution in [2.24, 2.45) is 0 Å². The maximum Gasteiger partial charge on any atom is 0.339 e. The fraction of sp³-hybridized carbons (Fsp3) is 0.300. The quantitative estimate of drug-likeness (QED) is 0.242. The summed E-state index contributed by atoms with van der Waals surface area (Å²) >= 11 is 0. The number of fused-ring (bicyclic) bond motifs is 2. The second-order valence-electron chi connectivity index (χ2n) is 7.73. The van der Waals surface area contributed by atoms with Crippen LogP contribution in [0.15, 0.2) is 78.9 Å². The molecule has 34 heavy (non-hydrogen) atoms. The molecule has 0 bridgehead atoms. The fourth-order valence-corrected chi connectivity index (χ4v) is 3.43. The molecule has 1 atom stereocenters. The van der Waals surface area contributed by atoms with Crippen molar-refractivity contribution in [3.05, 3.63) is 90.0 Å². The highest BCUT2D eigenvalue weighted by Gasteiger charge is 2.18. The number of carbonyl (C=O) groups is 1. The summed E-state index contributed by atoms with van der Waals surface area (Å²) in [5, 5.41) is 13.8. The van der Waals surface area contributed by atoms with E-state index in [0.29, 0.717) is 11.3 Å². The molecule has 0 aliphatic heterocycles. The zero-order valence-electron chi connectivity index (χ0n) is 20.9. The number of carbonyl (C=O) groups excluding carboxylic acids is 1. The number of aliphatic hydroxyl groups excluding tert-OH is 1. The predicted octanol–water partition coefficient (Wildman–Crippen LogP) is 7.34. The molecule has 0 fully saturated rings. The molecule has 1 N–H and O–H groups in total. The lowest BCUT2D eigenvalue weighted by Crippen LogP contribution is -2.25. The Morgan fingerprint density at radius 3 is 1.88 bits per heavy atom. The van der Waals surface area contributed by atoms with Gasteiger partial charge in [-0.05, 0) is 46.2 Å². The van der Waals surface area contributed by atoms with Gasteiger partial charge in [-0.2, -0.15) is 0 Å². The Kier molecular flexibility index (Phi) is 11.1. The van der Waals surface area contributed by atoms with Crippen molar-refractivity contribution in [1.82, 2.24) is 0 Å². The van der Waals surface area contributed by atoms with Gasteiger partial charge in [0.25, 0.3) is 0 Å². The van der Waals surface area contributed by atoms with Gasteiger partial charge in [-0.15, -0.1) is 0 Å². The average Bonchev–Trinajstić information content (AvgIpc) is 2.87. The molecule has 0 heterocycles. The van der Waals surface area contributed by atoms with E-state index in [2.05, 4.69) is 19.9 Å². The molecular formula is C30H36O4. The first-order chi connectivity index (χ1) is 16.5. The molecule has 4 aromatic carbocycles. The number of benzene rings is 4. The van der Waals surface area contributed by atoms with Crippen LogP contribution in [0.3, 0.4) is 0 Å². The molecule has 4 aromatic rings. The van der Waals surface area contributed by atoms with Crippen LogP contribution in [0.1, 0.15) is 50.0 Å². The summed E-state index contributed by atoms with van der Waals surface area (Å²) in [7, 11) is 0. The van der Waals surface area contributed by atoms with Gasteiger partial charge in [0.05, 0.1) is 5.56 Å². The molecule has 0 aliphatic carbocycles. The number of aryl methyl sites for hydroxylation is 1. The van der Waals surface area contributed by atoms with E-state index < -0.39 is 12.1 Å². The van der Waals surface area contributed by atoms with Crippen molar-refractivity contribution in [1.29, 1.82) is 0 Å². The van der Waals surface area contributed by atoms with Crippen molar-refractivity contribution in [3.63, 3.8) is 0 Å². The minimum atomic E-state index is -0.917. The maximum absolute atomic E-state index is 12.9. The van der Waals surface area contributed by atoms with Crippen LogP contribution >= 0.6 is 0 Å². The van der Waals surface area contributed by atoms with Crippen LogP contribution in [-0.2, 0) is 4.74 Å². The molecular weight excluding hydrogens is 424 g/mol. The average molecular weight is 461 g/mol. The van der Waals surface area contributed by atoms with E-state index in [-0.39, 0.29) is 13.2 Å². The Morgan fingerprint density at radius 1 is 0.824 bits per heavy atom. The Morgan fingerprint density at radius 2 is 1.32 bits per heavy atom. The number of hydrogen-bond acceptors (Lipinski definition) is 4. The van der Waals surface area contributed by atoms with E-state index >= 15 is 0 Å². The van der Waals surface area contributed by atoms with Gasteiger partial charge in [0, 0.05) is 0 Å². The minimum Gasteiger partial charge on any atom is -0.490 e. The predicted molar refractivity (Wildman–Crippen MR) is 142 cm³/mol. The number of esters is 1. The SMILES string of the molecule is CC.CCC.Cc1ccccc1OCC(O)COC(=O)c1c2ccccc2cc2ccccc12. The van der Waals surface area contributed by atoms with Crippen molar-refractivity contribution in [2.75, 3.05) is 13.2 Å². The molecule has 0 amide bonds. The highest BCUT2D eigenvalue weighted by Crippen LogP contribution is 2.29. The number of ether oxygens (including phenoxy) is 2. The van der Waals surface area contributed by atoms with Crippen LogP contribution in [0.5, 0.6) is 5.75 Å². The third-order valence-corrected chi connectivity index (χ3v) is 4.91. The molecule has 0 aromatic heterocycles. The highest BCUT2D eigenvalue weighted by atomic mass is 16.5. The van der Waals surface area contributed by atoms with Crippen LogP contribution in [-0.4, -0.2) is 30.4 Å². The smallest absolute Gasteiger partial charge is 0.339 e.